The Balaban J connectivity index is 1.66. The number of aromatic amines is 1. The number of fused-ring (bicyclic) bond motifs is 8. The number of hydrogen-bond donors (Lipinski definition) is 1. The molecule has 0 saturated carbocycles. The predicted molar refractivity (Wildman–Crippen MR) is 138 cm³/mol. The molecule has 1 nitrogen and oxygen atoms in total. The fraction of sp³-hybridized carbons (Fsp3) is 0. The summed E-state index contributed by atoms with van der Waals surface area (Å²) in [7, 11) is 0. The lowest BCUT2D eigenvalue weighted by atomic mass is 10.0. The zero-order valence-electron chi connectivity index (χ0n) is 16.7. The summed E-state index contributed by atoms with van der Waals surface area (Å²) in [5.41, 5.74) is 4.93. The largest absolute Gasteiger partial charge is 0.354 e. The van der Waals surface area contributed by atoms with E-state index in [0.29, 0.717) is 0 Å². The van der Waals surface area contributed by atoms with E-state index in [0.717, 1.165) is 0 Å². The molecule has 1 atom stereocenters. The molecule has 0 spiro atoms. The molecule has 0 amide bonds. The highest BCUT2D eigenvalue weighted by atomic mass is 32.4. The average molecular weight is 432 g/mol. The summed E-state index contributed by atoms with van der Waals surface area (Å²) < 4.78 is 0. The van der Waals surface area contributed by atoms with Crippen LogP contribution in [-0.2, 0) is 11.8 Å². The normalized spacial score (nSPS) is 17.3. The monoisotopic (exact) mass is 431 g/mol. The fourth-order valence-electron chi connectivity index (χ4n) is 5.21. The van der Waals surface area contributed by atoms with Crippen LogP contribution < -0.4 is 15.9 Å². The standard InChI is InChI=1S/C28H18NPS/c31-30(19-9-2-1-3-10-19)26-13-7-6-12-21(26)22-16-25-23(17-27(22)30)28-20-11-5-4-8-18(20)14-15-24(28)29-25/h1-17,29H. The molecule has 1 aromatic heterocycles. The van der Waals surface area contributed by atoms with Crippen molar-refractivity contribution in [1.82, 2.24) is 4.98 Å². The van der Waals surface area contributed by atoms with E-state index in [2.05, 4.69) is 108 Å². The van der Waals surface area contributed by atoms with Gasteiger partial charge in [-0.1, -0.05) is 96.7 Å². The molecular weight excluding hydrogens is 413 g/mol. The minimum atomic E-state index is -2.10. The van der Waals surface area contributed by atoms with Crippen molar-refractivity contribution in [3.05, 3.63) is 103 Å². The molecule has 2 heterocycles. The first-order valence-electron chi connectivity index (χ1n) is 10.5. The third-order valence-electron chi connectivity index (χ3n) is 6.60. The van der Waals surface area contributed by atoms with E-state index in [-0.39, 0.29) is 0 Å². The minimum Gasteiger partial charge on any atom is -0.354 e. The molecule has 1 N–H and O–H groups in total. The van der Waals surface area contributed by atoms with Gasteiger partial charge in [-0.25, -0.2) is 0 Å². The molecule has 1 aliphatic heterocycles. The van der Waals surface area contributed by atoms with Crippen LogP contribution >= 0.6 is 6.04 Å². The Labute approximate surface area is 185 Å². The number of H-pyrrole nitrogens is 1. The van der Waals surface area contributed by atoms with Crippen molar-refractivity contribution in [1.29, 1.82) is 0 Å². The highest BCUT2D eigenvalue weighted by molar-refractivity contribution is 8.26. The molecule has 5 aromatic carbocycles. The van der Waals surface area contributed by atoms with Gasteiger partial charge in [0.25, 0.3) is 0 Å². The molecule has 31 heavy (non-hydrogen) atoms. The maximum absolute atomic E-state index is 6.60. The van der Waals surface area contributed by atoms with E-state index < -0.39 is 6.04 Å². The SMILES string of the molecule is S=P1(c2ccccc2)c2ccccc2-c2cc3[nH]c4ccc5ccccc5c4c3cc21. The van der Waals surface area contributed by atoms with Crippen molar-refractivity contribution in [2.45, 2.75) is 0 Å². The molecule has 146 valence electrons. The van der Waals surface area contributed by atoms with E-state index in [1.165, 1.54) is 59.6 Å². The van der Waals surface area contributed by atoms with Crippen LogP contribution in [0.25, 0.3) is 43.7 Å². The Kier molecular flexibility index (Phi) is 3.48. The number of hydrogen-bond acceptors (Lipinski definition) is 1. The lowest BCUT2D eigenvalue weighted by Crippen LogP contribution is -2.20. The Bertz CT molecular complexity index is 1710. The number of benzene rings is 5. The van der Waals surface area contributed by atoms with Crippen molar-refractivity contribution in [3.8, 4) is 11.1 Å². The maximum Gasteiger partial charge on any atom is 0.0471 e. The summed E-state index contributed by atoms with van der Waals surface area (Å²) in [6.45, 7) is 0. The Morgan fingerprint density at radius 1 is 0.581 bits per heavy atom. The molecule has 0 bridgehead atoms. The maximum atomic E-state index is 6.60. The van der Waals surface area contributed by atoms with Crippen LogP contribution in [0.15, 0.2) is 103 Å². The summed E-state index contributed by atoms with van der Waals surface area (Å²) in [6.07, 6.45) is 0. The lowest BCUT2D eigenvalue weighted by molar-refractivity contribution is 1.55. The van der Waals surface area contributed by atoms with Gasteiger partial charge >= 0.3 is 0 Å². The third-order valence-corrected chi connectivity index (χ3v) is 11.6. The molecule has 0 fully saturated rings. The van der Waals surface area contributed by atoms with Crippen LogP contribution in [-0.4, -0.2) is 4.98 Å². The molecule has 7 rings (SSSR count). The second kappa shape index (κ2) is 6.17. The molecule has 1 aliphatic rings. The van der Waals surface area contributed by atoms with Crippen LogP contribution in [0.5, 0.6) is 0 Å². The summed E-state index contributed by atoms with van der Waals surface area (Å²) in [4.78, 5) is 3.68. The van der Waals surface area contributed by atoms with Crippen LogP contribution in [0.3, 0.4) is 0 Å². The van der Waals surface area contributed by atoms with Crippen LogP contribution in [0.1, 0.15) is 0 Å². The van der Waals surface area contributed by atoms with Gasteiger partial charge in [0.15, 0.2) is 0 Å². The molecule has 1 unspecified atom stereocenters. The van der Waals surface area contributed by atoms with E-state index in [1.807, 2.05) is 0 Å². The highest BCUT2D eigenvalue weighted by Gasteiger charge is 2.36. The number of nitrogens with one attached hydrogen (secondary N) is 1. The van der Waals surface area contributed by atoms with Gasteiger partial charge in [-0.2, -0.15) is 0 Å². The molecule has 6 aromatic rings. The molecular formula is C28H18NPS. The zero-order valence-corrected chi connectivity index (χ0v) is 18.4. The van der Waals surface area contributed by atoms with Gasteiger partial charge in [0.1, 0.15) is 0 Å². The molecule has 0 radical (unpaired) electrons. The average Bonchev–Trinajstić information content (AvgIpc) is 3.32. The van der Waals surface area contributed by atoms with Gasteiger partial charge in [-0.05, 0) is 45.4 Å². The second-order valence-corrected chi connectivity index (χ2v) is 12.6. The molecule has 0 saturated heterocycles. The summed E-state index contributed by atoms with van der Waals surface area (Å²) in [5, 5.41) is 9.01. The van der Waals surface area contributed by atoms with Gasteiger partial charge < -0.3 is 4.98 Å². The second-order valence-electron chi connectivity index (χ2n) is 8.21. The molecule has 0 aliphatic carbocycles. The third kappa shape index (κ3) is 2.24. The Morgan fingerprint density at radius 2 is 1.35 bits per heavy atom. The van der Waals surface area contributed by atoms with Crippen LogP contribution in [0.4, 0.5) is 0 Å². The van der Waals surface area contributed by atoms with Crippen molar-refractivity contribution < 1.29 is 0 Å². The number of aromatic nitrogens is 1. The van der Waals surface area contributed by atoms with E-state index in [4.69, 9.17) is 11.8 Å². The van der Waals surface area contributed by atoms with Crippen molar-refractivity contribution >= 4 is 66.3 Å². The number of rotatable bonds is 1. The van der Waals surface area contributed by atoms with Crippen LogP contribution in [0, 0.1) is 0 Å². The summed E-state index contributed by atoms with van der Waals surface area (Å²) in [6, 6.07) is 35.1. The van der Waals surface area contributed by atoms with E-state index in [1.54, 1.807) is 0 Å². The van der Waals surface area contributed by atoms with E-state index >= 15 is 0 Å². The van der Waals surface area contributed by atoms with Gasteiger partial charge in [-0.3, -0.25) is 0 Å². The van der Waals surface area contributed by atoms with Gasteiger partial charge in [0.2, 0.25) is 0 Å². The van der Waals surface area contributed by atoms with E-state index in [9.17, 15) is 0 Å². The lowest BCUT2D eigenvalue weighted by Gasteiger charge is -2.20. The Hall–Kier alpha value is -3.19. The smallest absolute Gasteiger partial charge is 0.0471 e. The van der Waals surface area contributed by atoms with Crippen molar-refractivity contribution in [2.24, 2.45) is 0 Å². The minimum absolute atomic E-state index is 1.18. The highest BCUT2D eigenvalue weighted by Crippen LogP contribution is 2.53. The van der Waals surface area contributed by atoms with Crippen molar-refractivity contribution in [2.75, 3.05) is 0 Å². The first-order chi connectivity index (χ1) is 15.2. The Morgan fingerprint density at radius 3 is 2.26 bits per heavy atom. The van der Waals surface area contributed by atoms with Crippen molar-refractivity contribution in [3.63, 3.8) is 0 Å². The fourth-order valence-corrected chi connectivity index (χ4v) is 9.58. The predicted octanol–water partition coefficient (Wildman–Crippen LogP) is 6.21. The van der Waals surface area contributed by atoms with Gasteiger partial charge in [-0.15, -0.1) is 0 Å². The first kappa shape index (κ1) is 17.5. The van der Waals surface area contributed by atoms with Gasteiger partial charge in [0.05, 0.1) is 0 Å². The van der Waals surface area contributed by atoms with Crippen LogP contribution in [0.2, 0.25) is 0 Å². The van der Waals surface area contributed by atoms with Gasteiger partial charge in [0, 0.05) is 38.5 Å². The topological polar surface area (TPSA) is 15.8 Å². The summed E-state index contributed by atoms with van der Waals surface area (Å²) in [5.74, 6) is 0. The quantitative estimate of drug-likeness (QED) is 0.306. The summed E-state index contributed by atoms with van der Waals surface area (Å²) >= 11 is 6.60. The molecule has 3 heteroatoms. The zero-order chi connectivity index (χ0) is 20.6. The first-order valence-corrected chi connectivity index (χ1v) is 13.3.